The van der Waals surface area contributed by atoms with E-state index in [0.29, 0.717) is 5.25 Å². The maximum absolute atomic E-state index is 5.32. The van der Waals surface area contributed by atoms with Crippen LogP contribution in [-0.4, -0.2) is 0 Å². The van der Waals surface area contributed by atoms with Crippen LogP contribution in [0.25, 0.3) is 0 Å². The highest BCUT2D eigenvalue weighted by atomic mass is 32.1. The summed E-state index contributed by atoms with van der Waals surface area (Å²) in [5.41, 5.74) is 1.19. The second kappa shape index (κ2) is 2.78. The van der Waals surface area contributed by atoms with Gasteiger partial charge in [-0.3, -0.25) is 0 Å². The monoisotopic (exact) mass is 165 g/mol. The van der Waals surface area contributed by atoms with Crippen LogP contribution in [0.1, 0.15) is 17.2 Å². The van der Waals surface area contributed by atoms with Gasteiger partial charge in [0.1, 0.15) is 12.4 Å². The Balaban J connectivity index is 2.44. The van der Waals surface area contributed by atoms with Gasteiger partial charge in [-0.2, -0.15) is 12.6 Å². The van der Waals surface area contributed by atoms with Crippen LogP contribution in [-0.2, 0) is 0 Å². The van der Waals surface area contributed by atoms with Gasteiger partial charge in [0, 0.05) is 17.2 Å². The summed E-state index contributed by atoms with van der Waals surface area (Å²) in [5.74, 6) is 0.943. The second-order valence-electron chi connectivity index (χ2n) is 2.57. The van der Waals surface area contributed by atoms with Crippen LogP contribution in [0, 0.1) is 6.61 Å². The van der Waals surface area contributed by atoms with E-state index < -0.39 is 0 Å². The Morgan fingerprint density at radius 2 is 2.18 bits per heavy atom. The maximum Gasteiger partial charge on any atom is 0.137 e. The van der Waals surface area contributed by atoms with E-state index in [1.807, 2.05) is 18.2 Å². The first kappa shape index (κ1) is 7.04. The van der Waals surface area contributed by atoms with Crippen LogP contribution in [0.15, 0.2) is 24.3 Å². The third-order valence-electron chi connectivity index (χ3n) is 1.81. The summed E-state index contributed by atoms with van der Waals surface area (Å²) >= 11 is 4.43. The molecule has 2 heteroatoms. The fourth-order valence-electron chi connectivity index (χ4n) is 1.22. The van der Waals surface area contributed by atoms with Crippen molar-refractivity contribution in [1.82, 2.24) is 0 Å². The summed E-state index contributed by atoms with van der Waals surface area (Å²) in [4.78, 5) is 0. The number of hydrogen-bond donors (Lipinski definition) is 1. The van der Waals surface area contributed by atoms with Crippen LogP contribution >= 0.6 is 12.6 Å². The Kier molecular flexibility index (Phi) is 1.78. The first-order valence-corrected chi connectivity index (χ1v) is 4.15. The van der Waals surface area contributed by atoms with Crippen LogP contribution in [0.3, 0.4) is 0 Å². The number of thiol groups is 1. The Hall–Kier alpha value is -0.630. The normalized spacial score (nSPS) is 22.1. The molecule has 1 aliphatic rings. The minimum atomic E-state index is 0.306. The summed E-state index contributed by atoms with van der Waals surface area (Å²) in [7, 11) is 0. The van der Waals surface area contributed by atoms with Crippen LogP contribution < -0.4 is 4.74 Å². The molecule has 0 aliphatic carbocycles. The first-order valence-electron chi connectivity index (χ1n) is 3.63. The molecule has 0 amide bonds. The minimum absolute atomic E-state index is 0.306. The fraction of sp³-hybridized carbons (Fsp3) is 0.222. The molecular formula is C9H9OS. The molecule has 1 unspecified atom stereocenters. The number of hydrogen-bond acceptors (Lipinski definition) is 2. The van der Waals surface area contributed by atoms with Gasteiger partial charge in [0.2, 0.25) is 0 Å². The SMILES string of the molecule is SC1C[CH]Oc2ccccc21. The molecular weight excluding hydrogens is 156 g/mol. The molecule has 2 rings (SSSR count). The van der Waals surface area contributed by atoms with Crippen molar-refractivity contribution in [2.75, 3.05) is 0 Å². The molecule has 11 heavy (non-hydrogen) atoms. The van der Waals surface area contributed by atoms with E-state index in [9.17, 15) is 0 Å². The summed E-state index contributed by atoms with van der Waals surface area (Å²) in [6, 6.07) is 8.00. The van der Waals surface area contributed by atoms with E-state index >= 15 is 0 Å². The van der Waals surface area contributed by atoms with E-state index in [2.05, 4.69) is 18.7 Å². The Bertz CT molecular complexity index is 259. The molecule has 0 spiro atoms. The maximum atomic E-state index is 5.32. The largest absolute Gasteiger partial charge is 0.486 e. The Morgan fingerprint density at radius 3 is 3.00 bits per heavy atom. The molecule has 57 valence electrons. The van der Waals surface area contributed by atoms with Gasteiger partial charge in [0.15, 0.2) is 0 Å². The standard InChI is InChI=1S/C9H9OS/c11-9-5-6-10-8-4-2-1-3-7(8)9/h1-4,6,9,11H,5H2. The van der Waals surface area contributed by atoms with Gasteiger partial charge < -0.3 is 4.74 Å². The number of para-hydroxylation sites is 1. The van der Waals surface area contributed by atoms with Crippen LogP contribution in [0.5, 0.6) is 5.75 Å². The van der Waals surface area contributed by atoms with E-state index in [-0.39, 0.29) is 0 Å². The molecule has 0 saturated carbocycles. The summed E-state index contributed by atoms with van der Waals surface area (Å²) in [5, 5.41) is 0.306. The average Bonchev–Trinajstić information content (AvgIpc) is 2.06. The van der Waals surface area contributed by atoms with E-state index in [4.69, 9.17) is 4.74 Å². The highest BCUT2D eigenvalue weighted by molar-refractivity contribution is 7.80. The molecule has 0 aromatic heterocycles. The Labute approximate surface area is 71.8 Å². The number of rotatable bonds is 0. The second-order valence-corrected chi connectivity index (χ2v) is 3.20. The zero-order chi connectivity index (χ0) is 7.68. The van der Waals surface area contributed by atoms with Crippen molar-refractivity contribution >= 4 is 12.6 Å². The third kappa shape index (κ3) is 1.23. The highest BCUT2D eigenvalue weighted by Crippen LogP contribution is 2.36. The lowest BCUT2D eigenvalue weighted by Crippen LogP contribution is -2.05. The molecule has 1 heterocycles. The smallest absolute Gasteiger partial charge is 0.137 e. The first-order chi connectivity index (χ1) is 5.38. The minimum Gasteiger partial charge on any atom is -0.486 e. The van der Waals surface area contributed by atoms with Crippen LogP contribution in [0.4, 0.5) is 0 Å². The van der Waals surface area contributed by atoms with E-state index in [0.717, 1.165) is 12.2 Å². The van der Waals surface area contributed by atoms with Crippen molar-refractivity contribution in [3.05, 3.63) is 36.4 Å². The Morgan fingerprint density at radius 1 is 1.36 bits per heavy atom. The molecule has 1 radical (unpaired) electrons. The van der Waals surface area contributed by atoms with Gasteiger partial charge in [0.05, 0.1) is 0 Å². The zero-order valence-electron chi connectivity index (χ0n) is 6.03. The quantitative estimate of drug-likeness (QED) is 0.581. The van der Waals surface area contributed by atoms with Gasteiger partial charge in [-0.15, -0.1) is 0 Å². The molecule has 0 fully saturated rings. The third-order valence-corrected chi connectivity index (χ3v) is 2.30. The molecule has 0 bridgehead atoms. The van der Waals surface area contributed by atoms with Gasteiger partial charge in [-0.05, 0) is 6.07 Å². The van der Waals surface area contributed by atoms with Gasteiger partial charge in [0.25, 0.3) is 0 Å². The van der Waals surface area contributed by atoms with E-state index in [1.165, 1.54) is 5.56 Å². The topological polar surface area (TPSA) is 9.23 Å². The predicted octanol–water partition coefficient (Wildman–Crippen LogP) is 2.60. The molecule has 1 atom stereocenters. The number of ether oxygens (including phenoxy) is 1. The zero-order valence-corrected chi connectivity index (χ0v) is 6.92. The van der Waals surface area contributed by atoms with Crippen molar-refractivity contribution in [3.63, 3.8) is 0 Å². The van der Waals surface area contributed by atoms with Gasteiger partial charge in [-0.1, -0.05) is 18.2 Å². The van der Waals surface area contributed by atoms with Crippen molar-refractivity contribution in [2.45, 2.75) is 11.7 Å². The van der Waals surface area contributed by atoms with Crippen molar-refractivity contribution < 1.29 is 4.74 Å². The van der Waals surface area contributed by atoms with Crippen molar-refractivity contribution in [2.24, 2.45) is 0 Å². The van der Waals surface area contributed by atoms with Gasteiger partial charge in [-0.25, -0.2) is 0 Å². The van der Waals surface area contributed by atoms with Crippen molar-refractivity contribution in [1.29, 1.82) is 0 Å². The molecule has 0 saturated heterocycles. The predicted molar refractivity (Wildman–Crippen MR) is 47.7 cm³/mol. The highest BCUT2D eigenvalue weighted by Gasteiger charge is 2.17. The molecule has 1 aliphatic heterocycles. The molecule has 0 N–H and O–H groups in total. The lowest BCUT2D eigenvalue weighted by molar-refractivity contribution is 0.364. The molecule has 1 nitrogen and oxygen atoms in total. The lowest BCUT2D eigenvalue weighted by Gasteiger charge is -2.20. The molecule has 1 aromatic carbocycles. The summed E-state index contributed by atoms with van der Waals surface area (Å²) in [6.45, 7) is 1.81. The summed E-state index contributed by atoms with van der Waals surface area (Å²) in [6.07, 6.45) is 0.889. The fourth-order valence-corrected chi connectivity index (χ4v) is 1.52. The van der Waals surface area contributed by atoms with Gasteiger partial charge >= 0.3 is 0 Å². The number of benzene rings is 1. The average molecular weight is 165 g/mol. The lowest BCUT2D eigenvalue weighted by atomic mass is 10.1. The molecule has 1 aromatic rings. The van der Waals surface area contributed by atoms with Crippen molar-refractivity contribution in [3.8, 4) is 5.75 Å². The number of fused-ring (bicyclic) bond motifs is 1. The summed E-state index contributed by atoms with van der Waals surface area (Å²) < 4.78 is 5.32. The van der Waals surface area contributed by atoms with E-state index in [1.54, 1.807) is 6.61 Å². The van der Waals surface area contributed by atoms with Crippen LogP contribution in [0.2, 0.25) is 0 Å².